The van der Waals surface area contributed by atoms with Crippen LogP contribution in [0.1, 0.15) is 26.2 Å². The first-order chi connectivity index (χ1) is 5.81. The maximum absolute atomic E-state index is 10.8. The van der Waals surface area contributed by atoms with Gasteiger partial charge in [-0.25, -0.2) is 0 Å². The van der Waals surface area contributed by atoms with E-state index >= 15 is 0 Å². The lowest BCUT2D eigenvalue weighted by Gasteiger charge is -1.99. The van der Waals surface area contributed by atoms with Crippen LogP contribution in [0, 0.1) is 11.3 Å². The van der Waals surface area contributed by atoms with Crippen molar-refractivity contribution in [3.8, 4) is 6.07 Å². The fraction of sp³-hybridized carbons (Fsp3) is 0.556. The van der Waals surface area contributed by atoms with Crippen LogP contribution in [0.2, 0.25) is 0 Å². The zero-order valence-corrected chi connectivity index (χ0v) is 7.25. The van der Waals surface area contributed by atoms with Crippen molar-refractivity contribution < 1.29 is 9.53 Å². The van der Waals surface area contributed by atoms with Gasteiger partial charge >= 0.3 is 5.97 Å². The lowest BCUT2D eigenvalue weighted by molar-refractivity contribution is -0.142. The van der Waals surface area contributed by atoms with Gasteiger partial charge < -0.3 is 4.74 Å². The molecule has 3 nitrogen and oxygen atoms in total. The third-order valence-electron chi connectivity index (χ3n) is 1.24. The molecule has 0 atom stereocenters. The molecule has 0 bridgehead atoms. The number of nitrogens with zero attached hydrogens (tertiary/aromatic N) is 1. The number of allylic oxidation sites excluding steroid dienone is 1. The Labute approximate surface area is 72.6 Å². The van der Waals surface area contributed by atoms with Crippen LogP contribution in [-0.2, 0) is 9.53 Å². The highest BCUT2D eigenvalue weighted by Gasteiger charge is 1.97. The van der Waals surface area contributed by atoms with E-state index in [0.29, 0.717) is 6.61 Å². The van der Waals surface area contributed by atoms with E-state index in [1.165, 1.54) is 12.2 Å². The molecule has 0 aliphatic heterocycles. The highest BCUT2D eigenvalue weighted by molar-refractivity contribution is 5.71. The quantitative estimate of drug-likeness (QED) is 0.356. The van der Waals surface area contributed by atoms with Crippen molar-refractivity contribution >= 4 is 5.97 Å². The van der Waals surface area contributed by atoms with E-state index in [1.807, 2.05) is 6.92 Å². The number of unbranched alkanes of at least 4 members (excludes halogenated alkanes) is 1. The Hall–Kier alpha value is -1.30. The number of esters is 1. The zero-order chi connectivity index (χ0) is 9.23. The minimum absolute atomic E-state index is 0.192. The summed E-state index contributed by atoms with van der Waals surface area (Å²) in [6, 6.07) is 1.80. The van der Waals surface area contributed by atoms with Crippen LogP contribution < -0.4 is 0 Å². The molecule has 0 fully saturated rings. The summed E-state index contributed by atoms with van der Waals surface area (Å²) in [6.45, 7) is 2.51. The second kappa shape index (κ2) is 7.80. The normalized spacial score (nSPS) is 9.67. The third kappa shape index (κ3) is 6.81. The van der Waals surface area contributed by atoms with Crippen molar-refractivity contribution in [3.63, 3.8) is 0 Å². The number of hydrogen-bond donors (Lipinski definition) is 0. The van der Waals surface area contributed by atoms with Crippen LogP contribution in [0.3, 0.4) is 0 Å². The van der Waals surface area contributed by atoms with Gasteiger partial charge in [-0.15, -0.1) is 0 Å². The topological polar surface area (TPSA) is 50.1 Å². The molecule has 0 unspecified atom stereocenters. The van der Waals surface area contributed by atoms with Crippen molar-refractivity contribution in [2.75, 3.05) is 6.61 Å². The second-order valence-corrected chi connectivity index (χ2v) is 2.31. The number of nitriles is 1. The molecule has 3 heteroatoms. The molecule has 0 aromatic carbocycles. The van der Waals surface area contributed by atoms with Crippen molar-refractivity contribution in [3.05, 3.63) is 12.2 Å². The molecule has 0 rings (SSSR count). The second-order valence-electron chi connectivity index (χ2n) is 2.31. The van der Waals surface area contributed by atoms with Crippen molar-refractivity contribution in [1.29, 1.82) is 5.26 Å². The number of hydrogen-bond acceptors (Lipinski definition) is 3. The van der Waals surface area contributed by atoms with Crippen LogP contribution >= 0.6 is 0 Å². The lowest BCUT2D eigenvalue weighted by atomic mass is 10.3. The van der Waals surface area contributed by atoms with E-state index in [4.69, 9.17) is 10.00 Å². The van der Waals surface area contributed by atoms with Gasteiger partial charge in [-0.2, -0.15) is 5.26 Å². The first-order valence-corrected chi connectivity index (χ1v) is 4.01. The summed E-state index contributed by atoms with van der Waals surface area (Å²) in [6.07, 6.45) is 4.88. The van der Waals surface area contributed by atoms with Gasteiger partial charge in [-0.3, -0.25) is 4.79 Å². The van der Waals surface area contributed by atoms with Gasteiger partial charge in [0.25, 0.3) is 0 Å². The van der Waals surface area contributed by atoms with Gasteiger partial charge in [0.05, 0.1) is 19.1 Å². The molecule has 0 heterocycles. The van der Waals surface area contributed by atoms with Crippen molar-refractivity contribution in [1.82, 2.24) is 0 Å². The minimum Gasteiger partial charge on any atom is -0.465 e. The highest BCUT2D eigenvalue weighted by atomic mass is 16.5. The van der Waals surface area contributed by atoms with Crippen LogP contribution in [0.4, 0.5) is 0 Å². The first-order valence-electron chi connectivity index (χ1n) is 4.01. The van der Waals surface area contributed by atoms with Gasteiger partial charge in [0.1, 0.15) is 0 Å². The molecule has 66 valence electrons. The fourth-order valence-electron chi connectivity index (χ4n) is 0.597. The molecule has 0 spiro atoms. The molecule has 0 N–H and O–H groups in total. The summed E-state index contributed by atoms with van der Waals surface area (Å²) in [4.78, 5) is 10.8. The van der Waals surface area contributed by atoms with Gasteiger partial charge in [-0.1, -0.05) is 19.4 Å². The Bertz CT molecular complexity index is 191. The Morgan fingerprint density at radius 1 is 1.67 bits per heavy atom. The Morgan fingerprint density at radius 3 is 3.00 bits per heavy atom. The van der Waals surface area contributed by atoms with E-state index in [9.17, 15) is 4.79 Å². The molecular formula is C9H13NO2. The van der Waals surface area contributed by atoms with E-state index < -0.39 is 0 Å². The SMILES string of the molecule is CCCCOC(=O)CC=CC#N. The fourth-order valence-corrected chi connectivity index (χ4v) is 0.597. The summed E-state index contributed by atoms with van der Waals surface area (Å²) in [5.41, 5.74) is 0. The Kier molecular flexibility index (Phi) is 6.96. The monoisotopic (exact) mass is 167 g/mol. The maximum Gasteiger partial charge on any atom is 0.309 e. The summed E-state index contributed by atoms with van der Waals surface area (Å²) in [5.74, 6) is -0.269. The Balaban J connectivity index is 3.35. The lowest BCUT2D eigenvalue weighted by Crippen LogP contribution is -2.03. The first kappa shape index (κ1) is 10.7. The standard InChI is InChI=1S/C9H13NO2/c1-2-3-8-12-9(11)6-4-5-7-10/h4-5H,2-3,6,8H2,1H3. The highest BCUT2D eigenvalue weighted by Crippen LogP contribution is 1.92. The number of carbonyl (C=O) groups is 1. The van der Waals surface area contributed by atoms with Crippen molar-refractivity contribution in [2.24, 2.45) is 0 Å². The zero-order valence-electron chi connectivity index (χ0n) is 7.25. The smallest absolute Gasteiger partial charge is 0.309 e. The largest absolute Gasteiger partial charge is 0.465 e. The van der Waals surface area contributed by atoms with Crippen molar-refractivity contribution in [2.45, 2.75) is 26.2 Å². The van der Waals surface area contributed by atoms with Crippen LogP contribution in [-0.4, -0.2) is 12.6 Å². The molecule has 0 aliphatic rings. The maximum atomic E-state index is 10.8. The van der Waals surface area contributed by atoms with E-state index in [0.717, 1.165) is 12.8 Å². The summed E-state index contributed by atoms with van der Waals surface area (Å²) in [5, 5.41) is 8.10. The van der Waals surface area contributed by atoms with Gasteiger partial charge in [0.15, 0.2) is 0 Å². The predicted molar refractivity (Wildman–Crippen MR) is 45.2 cm³/mol. The van der Waals surface area contributed by atoms with Crippen LogP contribution in [0.5, 0.6) is 0 Å². The number of ether oxygens (including phenoxy) is 1. The molecule has 0 aliphatic carbocycles. The number of rotatable bonds is 5. The molecule has 0 saturated carbocycles. The third-order valence-corrected chi connectivity index (χ3v) is 1.24. The van der Waals surface area contributed by atoms with E-state index in [1.54, 1.807) is 6.07 Å². The van der Waals surface area contributed by atoms with E-state index in [2.05, 4.69) is 0 Å². The molecule has 0 aromatic rings. The Morgan fingerprint density at radius 2 is 2.42 bits per heavy atom. The average molecular weight is 167 g/mol. The molecule has 0 saturated heterocycles. The summed E-state index contributed by atoms with van der Waals surface area (Å²) >= 11 is 0. The van der Waals surface area contributed by atoms with Gasteiger partial charge in [-0.05, 0) is 6.42 Å². The average Bonchev–Trinajstić information content (AvgIpc) is 2.06. The number of carbonyl (C=O) groups excluding carboxylic acids is 1. The molecule has 12 heavy (non-hydrogen) atoms. The van der Waals surface area contributed by atoms with Gasteiger partial charge in [0.2, 0.25) is 0 Å². The molecule has 0 aromatic heterocycles. The van der Waals surface area contributed by atoms with E-state index in [-0.39, 0.29) is 12.4 Å². The molecule has 0 amide bonds. The predicted octanol–water partition coefficient (Wildman–Crippen LogP) is 1.80. The van der Waals surface area contributed by atoms with Crippen LogP contribution in [0.15, 0.2) is 12.2 Å². The summed E-state index contributed by atoms with van der Waals surface area (Å²) in [7, 11) is 0. The molecular weight excluding hydrogens is 154 g/mol. The minimum atomic E-state index is -0.269. The van der Waals surface area contributed by atoms with Crippen LogP contribution in [0.25, 0.3) is 0 Å². The molecule has 0 radical (unpaired) electrons. The van der Waals surface area contributed by atoms with Gasteiger partial charge in [0, 0.05) is 6.08 Å². The summed E-state index contributed by atoms with van der Waals surface area (Å²) < 4.78 is 4.83.